The zero-order valence-electron chi connectivity index (χ0n) is 18.0. The molecule has 1 aliphatic rings. The van der Waals surface area contributed by atoms with E-state index >= 15 is 0 Å². The van der Waals surface area contributed by atoms with Gasteiger partial charge in [-0.1, -0.05) is 72.4 Å². The summed E-state index contributed by atoms with van der Waals surface area (Å²) in [6, 6.07) is 27.0. The molecule has 4 aromatic rings. The predicted molar refractivity (Wildman–Crippen MR) is 130 cm³/mol. The predicted octanol–water partition coefficient (Wildman–Crippen LogP) is 4.74. The van der Waals surface area contributed by atoms with E-state index < -0.39 is 5.25 Å². The van der Waals surface area contributed by atoms with E-state index in [-0.39, 0.29) is 11.9 Å². The highest BCUT2D eigenvalue weighted by atomic mass is 32.2. The third kappa shape index (κ3) is 4.42. The molecule has 0 bridgehead atoms. The number of aromatic nitrogens is 3. The van der Waals surface area contributed by atoms with Crippen molar-refractivity contribution >= 4 is 23.4 Å². The van der Waals surface area contributed by atoms with Gasteiger partial charge in [0.15, 0.2) is 5.82 Å². The molecule has 1 aliphatic heterocycles. The second-order valence-electron chi connectivity index (χ2n) is 7.51. The first-order valence-corrected chi connectivity index (χ1v) is 11.6. The van der Waals surface area contributed by atoms with Gasteiger partial charge in [0.2, 0.25) is 11.1 Å². The summed E-state index contributed by atoms with van der Waals surface area (Å²) in [5.74, 6) is 1.37. The fraction of sp³-hybridized carbons (Fsp3) is 0.160. The SMILES string of the molecule is CCOc1ccc(NC(=O)[C@@H]2Sc3nnc(-c4ccccc4)n3N[C@@H]2c2ccccc2)cc1. The average Bonchev–Trinajstić information content (AvgIpc) is 3.29. The largest absolute Gasteiger partial charge is 0.494 e. The van der Waals surface area contributed by atoms with Crippen molar-refractivity contribution in [3.05, 3.63) is 90.5 Å². The normalized spacial score (nSPS) is 17.0. The van der Waals surface area contributed by atoms with Crippen molar-refractivity contribution in [3.63, 3.8) is 0 Å². The van der Waals surface area contributed by atoms with E-state index in [1.165, 1.54) is 11.8 Å². The minimum absolute atomic E-state index is 0.110. The fourth-order valence-electron chi connectivity index (χ4n) is 3.75. The lowest BCUT2D eigenvalue weighted by atomic mass is 10.0. The first kappa shape index (κ1) is 21.1. The molecule has 2 atom stereocenters. The monoisotopic (exact) mass is 457 g/mol. The number of thioether (sulfide) groups is 1. The number of benzene rings is 3. The van der Waals surface area contributed by atoms with Crippen LogP contribution in [0.1, 0.15) is 18.5 Å². The van der Waals surface area contributed by atoms with Gasteiger partial charge in [0.25, 0.3) is 0 Å². The number of carbonyl (C=O) groups excluding carboxylic acids is 1. The van der Waals surface area contributed by atoms with Gasteiger partial charge >= 0.3 is 0 Å². The van der Waals surface area contributed by atoms with Gasteiger partial charge < -0.3 is 15.5 Å². The van der Waals surface area contributed by atoms with Gasteiger partial charge in [0.1, 0.15) is 11.0 Å². The molecule has 5 rings (SSSR count). The topological polar surface area (TPSA) is 81.1 Å². The molecule has 33 heavy (non-hydrogen) atoms. The third-order valence-corrected chi connectivity index (χ3v) is 6.53. The molecule has 8 heteroatoms. The number of hydrogen-bond acceptors (Lipinski definition) is 6. The summed E-state index contributed by atoms with van der Waals surface area (Å²) in [5, 5.41) is 12.0. The number of amides is 1. The summed E-state index contributed by atoms with van der Waals surface area (Å²) in [5.41, 5.74) is 6.17. The van der Waals surface area contributed by atoms with Crippen LogP contribution in [-0.2, 0) is 4.79 Å². The van der Waals surface area contributed by atoms with Crippen LogP contribution in [0.2, 0.25) is 0 Å². The van der Waals surface area contributed by atoms with Crippen LogP contribution in [0.25, 0.3) is 11.4 Å². The summed E-state index contributed by atoms with van der Waals surface area (Å²) >= 11 is 1.40. The minimum Gasteiger partial charge on any atom is -0.494 e. The molecule has 0 fully saturated rings. The Labute approximate surface area is 196 Å². The van der Waals surface area contributed by atoms with Crippen LogP contribution in [0.3, 0.4) is 0 Å². The van der Waals surface area contributed by atoms with Crippen molar-refractivity contribution in [2.45, 2.75) is 23.4 Å². The van der Waals surface area contributed by atoms with Crippen LogP contribution in [0.5, 0.6) is 5.75 Å². The zero-order chi connectivity index (χ0) is 22.6. The second kappa shape index (κ2) is 9.38. The summed E-state index contributed by atoms with van der Waals surface area (Å²) in [6.45, 7) is 2.54. The molecule has 7 nitrogen and oxygen atoms in total. The van der Waals surface area contributed by atoms with Crippen LogP contribution >= 0.6 is 11.8 Å². The van der Waals surface area contributed by atoms with E-state index in [0.717, 1.165) is 16.9 Å². The number of carbonyl (C=O) groups is 1. The van der Waals surface area contributed by atoms with Gasteiger partial charge in [0, 0.05) is 11.3 Å². The van der Waals surface area contributed by atoms with Gasteiger partial charge in [0.05, 0.1) is 12.6 Å². The molecule has 1 amide bonds. The highest BCUT2D eigenvalue weighted by Gasteiger charge is 2.38. The van der Waals surface area contributed by atoms with E-state index in [1.807, 2.05) is 96.5 Å². The maximum atomic E-state index is 13.4. The Morgan fingerprint density at radius 2 is 1.70 bits per heavy atom. The molecule has 0 saturated carbocycles. The third-order valence-electron chi connectivity index (χ3n) is 5.32. The molecule has 2 heterocycles. The minimum atomic E-state index is -0.445. The Bertz CT molecular complexity index is 1230. The van der Waals surface area contributed by atoms with E-state index in [4.69, 9.17) is 4.74 Å². The van der Waals surface area contributed by atoms with Crippen molar-refractivity contribution < 1.29 is 9.53 Å². The van der Waals surface area contributed by atoms with Gasteiger partial charge in [-0.25, -0.2) is 4.68 Å². The highest BCUT2D eigenvalue weighted by molar-refractivity contribution is 8.00. The van der Waals surface area contributed by atoms with Crippen LogP contribution in [0, 0.1) is 0 Å². The standard InChI is InChI=1S/C25H23N5O2S/c1-2-32-20-15-13-19(14-16-20)26-24(31)22-21(17-9-5-3-6-10-17)29-30-23(27-28-25(30)33-22)18-11-7-4-8-12-18/h3-16,21-22,29H,2H2,1H3,(H,26,31)/t21-,22-/m1/s1. The maximum Gasteiger partial charge on any atom is 0.240 e. The molecule has 0 spiro atoms. The smallest absolute Gasteiger partial charge is 0.240 e. The molecule has 166 valence electrons. The Morgan fingerprint density at radius 1 is 1.00 bits per heavy atom. The number of nitrogens with zero attached hydrogens (tertiary/aromatic N) is 3. The van der Waals surface area contributed by atoms with Crippen LogP contribution < -0.4 is 15.5 Å². The van der Waals surface area contributed by atoms with Crippen LogP contribution in [-0.4, -0.2) is 32.6 Å². The maximum absolute atomic E-state index is 13.4. The summed E-state index contributed by atoms with van der Waals surface area (Å²) in [4.78, 5) is 13.4. The summed E-state index contributed by atoms with van der Waals surface area (Å²) in [6.07, 6.45) is 0. The van der Waals surface area contributed by atoms with E-state index in [1.54, 1.807) is 0 Å². The summed E-state index contributed by atoms with van der Waals surface area (Å²) in [7, 11) is 0. The van der Waals surface area contributed by atoms with Gasteiger partial charge in [-0.2, -0.15) is 0 Å². The molecular formula is C25H23N5O2S. The van der Waals surface area contributed by atoms with E-state index in [2.05, 4.69) is 20.9 Å². The number of ether oxygens (including phenoxy) is 1. The molecule has 1 aromatic heterocycles. The first-order chi connectivity index (χ1) is 16.2. The number of rotatable bonds is 6. The average molecular weight is 458 g/mol. The Kier molecular flexibility index (Phi) is 5.99. The van der Waals surface area contributed by atoms with Crippen molar-refractivity contribution in [2.24, 2.45) is 0 Å². The molecule has 0 unspecified atom stereocenters. The lowest BCUT2D eigenvalue weighted by molar-refractivity contribution is -0.116. The Hall–Kier alpha value is -3.78. The van der Waals surface area contributed by atoms with Crippen molar-refractivity contribution in [2.75, 3.05) is 17.3 Å². The Morgan fingerprint density at radius 3 is 2.39 bits per heavy atom. The van der Waals surface area contributed by atoms with Crippen LogP contribution in [0.15, 0.2) is 90.1 Å². The second-order valence-corrected chi connectivity index (χ2v) is 8.62. The van der Waals surface area contributed by atoms with Gasteiger partial charge in [-0.3, -0.25) is 4.79 Å². The quantitative estimate of drug-likeness (QED) is 0.435. The van der Waals surface area contributed by atoms with E-state index in [9.17, 15) is 4.79 Å². The zero-order valence-corrected chi connectivity index (χ0v) is 18.8. The molecule has 2 N–H and O–H groups in total. The first-order valence-electron chi connectivity index (χ1n) is 10.8. The highest BCUT2D eigenvalue weighted by Crippen LogP contribution is 2.39. The number of fused-ring (bicyclic) bond motifs is 1. The molecule has 0 saturated heterocycles. The van der Waals surface area contributed by atoms with Crippen LogP contribution in [0.4, 0.5) is 5.69 Å². The number of hydrogen-bond donors (Lipinski definition) is 2. The molecule has 3 aromatic carbocycles. The van der Waals surface area contributed by atoms with Gasteiger partial charge in [-0.15, -0.1) is 10.2 Å². The fourth-order valence-corrected chi connectivity index (χ4v) is 4.83. The lowest BCUT2D eigenvalue weighted by Gasteiger charge is -2.33. The summed E-state index contributed by atoms with van der Waals surface area (Å²) < 4.78 is 7.36. The van der Waals surface area contributed by atoms with Gasteiger partial charge in [-0.05, 0) is 36.8 Å². The lowest BCUT2D eigenvalue weighted by Crippen LogP contribution is -2.41. The molecular weight excluding hydrogens is 434 g/mol. The number of nitrogens with one attached hydrogen (secondary N) is 2. The van der Waals surface area contributed by atoms with Crippen molar-refractivity contribution in [1.29, 1.82) is 0 Å². The van der Waals surface area contributed by atoms with Crippen molar-refractivity contribution in [1.82, 2.24) is 14.9 Å². The Balaban J connectivity index is 1.45. The molecule has 0 radical (unpaired) electrons. The van der Waals surface area contributed by atoms with E-state index in [0.29, 0.717) is 23.3 Å². The number of anilines is 1. The molecule has 0 aliphatic carbocycles. The van der Waals surface area contributed by atoms with Crippen molar-refractivity contribution in [3.8, 4) is 17.1 Å².